The minimum atomic E-state index is -0.299. The molecule has 30 heavy (non-hydrogen) atoms. The van der Waals surface area contributed by atoms with Crippen LogP contribution in [0.3, 0.4) is 0 Å². The SMILES string of the molecule is Cl.Fc1ccc2c(C3CCN(CCOc4cccc5c4OCCO5)CC3)noc2c1. The molecule has 2 aliphatic rings. The van der Waals surface area contributed by atoms with Gasteiger partial charge in [0.2, 0.25) is 5.75 Å². The number of aromatic nitrogens is 1. The van der Waals surface area contributed by atoms with Crippen LogP contribution >= 0.6 is 12.4 Å². The third kappa shape index (κ3) is 4.18. The molecule has 2 aromatic carbocycles. The maximum atomic E-state index is 13.4. The van der Waals surface area contributed by atoms with Crippen molar-refractivity contribution in [3.05, 3.63) is 47.9 Å². The normalized spacial score (nSPS) is 17.0. The van der Waals surface area contributed by atoms with E-state index in [2.05, 4.69) is 10.1 Å². The molecule has 1 aromatic heterocycles. The first-order chi connectivity index (χ1) is 14.3. The molecule has 0 atom stereocenters. The Labute approximate surface area is 180 Å². The quantitative estimate of drug-likeness (QED) is 0.592. The number of fused-ring (bicyclic) bond motifs is 2. The number of para-hydroxylation sites is 1. The molecule has 5 rings (SSSR count). The molecule has 0 unspecified atom stereocenters. The fraction of sp³-hybridized carbons (Fsp3) is 0.409. The van der Waals surface area contributed by atoms with Gasteiger partial charge in [-0.2, -0.15) is 0 Å². The van der Waals surface area contributed by atoms with Gasteiger partial charge < -0.3 is 18.7 Å². The van der Waals surface area contributed by atoms with E-state index < -0.39 is 0 Å². The standard InChI is InChI=1S/C22H23FN2O4.ClH/c23-16-4-5-17-20(14-16)29-24-21(17)15-6-8-25(9-7-15)10-11-26-18-2-1-3-19-22(18)28-13-12-27-19;/h1-5,14-15H,6-13H2;1H. The lowest BCUT2D eigenvalue weighted by molar-refractivity contribution is 0.149. The topological polar surface area (TPSA) is 57.0 Å². The van der Waals surface area contributed by atoms with Crippen molar-refractivity contribution in [1.29, 1.82) is 0 Å². The minimum Gasteiger partial charge on any atom is -0.488 e. The van der Waals surface area contributed by atoms with Gasteiger partial charge in [0.1, 0.15) is 25.6 Å². The van der Waals surface area contributed by atoms with Crippen LogP contribution in [0, 0.1) is 5.82 Å². The molecular weight excluding hydrogens is 411 g/mol. The second-order valence-electron chi connectivity index (χ2n) is 7.45. The Morgan fingerprint density at radius 1 is 1.10 bits per heavy atom. The molecular formula is C22H24ClFN2O4. The Kier molecular flexibility index (Phi) is 6.29. The summed E-state index contributed by atoms with van der Waals surface area (Å²) in [7, 11) is 0. The fourth-order valence-electron chi connectivity index (χ4n) is 4.10. The second-order valence-corrected chi connectivity index (χ2v) is 7.45. The van der Waals surface area contributed by atoms with Crippen LogP contribution in [0.1, 0.15) is 24.5 Å². The molecule has 2 aliphatic heterocycles. The third-order valence-corrected chi connectivity index (χ3v) is 5.63. The van der Waals surface area contributed by atoms with Crippen LogP contribution in [-0.2, 0) is 0 Å². The molecule has 160 valence electrons. The molecule has 0 bridgehead atoms. The van der Waals surface area contributed by atoms with E-state index >= 15 is 0 Å². The van der Waals surface area contributed by atoms with Crippen molar-refractivity contribution >= 4 is 23.4 Å². The zero-order valence-corrected chi connectivity index (χ0v) is 17.3. The van der Waals surface area contributed by atoms with Gasteiger partial charge in [0.25, 0.3) is 0 Å². The van der Waals surface area contributed by atoms with Crippen LogP contribution < -0.4 is 14.2 Å². The second kappa shape index (κ2) is 9.10. The largest absolute Gasteiger partial charge is 0.488 e. The lowest BCUT2D eigenvalue weighted by Gasteiger charge is -2.31. The first-order valence-electron chi connectivity index (χ1n) is 10.1. The van der Waals surface area contributed by atoms with E-state index in [1.807, 2.05) is 18.2 Å². The Balaban J connectivity index is 0.00000218. The van der Waals surface area contributed by atoms with Crippen molar-refractivity contribution in [2.75, 3.05) is 39.5 Å². The maximum absolute atomic E-state index is 13.4. The van der Waals surface area contributed by atoms with E-state index in [0.29, 0.717) is 37.1 Å². The summed E-state index contributed by atoms with van der Waals surface area (Å²) in [5, 5.41) is 5.14. The van der Waals surface area contributed by atoms with Crippen LogP contribution in [-0.4, -0.2) is 49.5 Å². The maximum Gasteiger partial charge on any atom is 0.203 e. The lowest BCUT2D eigenvalue weighted by atomic mass is 9.91. The third-order valence-electron chi connectivity index (χ3n) is 5.63. The van der Waals surface area contributed by atoms with Gasteiger partial charge in [-0.15, -0.1) is 12.4 Å². The van der Waals surface area contributed by atoms with E-state index in [9.17, 15) is 4.39 Å². The molecule has 0 amide bonds. The molecule has 0 radical (unpaired) electrons. The van der Waals surface area contributed by atoms with E-state index in [1.54, 1.807) is 6.07 Å². The monoisotopic (exact) mass is 434 g/mol. The molecule has 1 saturated heterocycles. The van der Waals surface area contributed by atoms with Gasteiger partial charge in [-0.05, 0) is 50.2 Å². The van der Waals surface area contributed by atoms with E-state index in [4.69, 9.17) is 18.7 Å². The summed E-state index contributed by atoms with van der Waals surface area (Å²) in [4.78, 5) is 2.39. The summed E-state index contributed by atoms with van der Waals surface area (Å²) in [6.45, 7) is 4.50. The van der Waals surface area contributed by atoms with Gasteiger partial charge in [0, 0.05) is 23.9 Å². The number of nitrogens with zero attached hydrogens (tertiary/aromatic N) is 2. The highest BCUT2D eigenvalue weighted by Gasteiger charge is 2.25. The summed E-state index contributed by atoms with van der Waals surface area (Å²) in [5.41, 5.74) is 1.47. The summed E-state index contributed by atoms with van der Waals surface area (Å²) in [6.07, 6.45) is 1.99. The van der Waals surface area contributed by atoms with Crippen molar-refractivity contribution in [2.45, 2.75) is 18.8 Å². The summed E-state index contributed by atoms with van der Waals surface area (Å²) >= 11 is 0. The number of hydrogen-bond acceptors (Lipinski definition) is 6. The highest BCUT2D eigenvalue weighted by atomic mass is 35.5. The molecule has 0 spiro atoms. The molecule has 6 nitrogen and oxygen atoms in total. The summed E-state index contributed by atoms with van der Waals surface area (Å²) in [6, 6.07) is 10.4. The van der Waals surface area contributed by atoms with Crippen LogP contribution in [0.4, 0.5) is 4.39 Å². The first kappa shape index (κ1) is 20.8. The minimum absolute atomic E-state index is 0. The predicted octanol–water partition coefficient (Wildman–Crippen LogP) is 4.42. The van der Waals surface area contributed by atoms with Gasteiger partial charge in [-0.1, -0.05) is 11.2 Å². The number of rotatable bonds is 5. The molecule has 0 aliphatic carbocycles. The van der Waals surface area contributed by atoms with Crippen molar-refractivity contribution in [1.82, 2.24) is 10.1 Å². The van der Waals surface area contributed by atoms with Crippen LogP contribution in [0.5, 0.6) is 17.2 Å². The summed E-state index contributed by atoms with van der Waals surface area (Å²) < 4.78 is 35.9. The van der Waals surface area contributed by atoms with Crippen molar-refractivity contribution in [3.8, 4) is 17.2 Å². The van der Waals surface area contributed by atoms with E-state index in [1.165, 1.54) is 12.1 Å². The zero-order valence-electron chi connectivity index (χ0n) is 16.5. The molecule has 3 heterocycles. The van der Waals surface area contributed by atoms with Crippen molar-refractivity contribution in [3.63, 3.8) is 0 Å². The Morgan fingerprint density at radius 3 is 2.80 bits per heavy atom. The van der Waals surface area contributed by atoms with Gasteiger partial charge in [0.05, 0.1) is 5.69 Å². The van der Waals surface area contributed by atoms with Gasteiger partial charge in [-0.25, -0.2) is 4.39 Å². The first-order valence-corrected chi connectivity index (χ1v) is 10.1. The smallest absolute Gasteiger partial charge is 0.203 e. The number of ether oxygens (including phenoxy) is 3. The Morgan fingerprint density at radius 2 is 1.93 bits per heavy atom. The van der Waals surface area contributed by atoms with E-state index in [0.717, 1.165) is 55.1 Å². The molecule has 0 N–H and O–H groups in total. The molecule has 8 heteroatoms. The highest BCUT2D eigenvalue weighted by Crippen LogP contribution is 2.39. The van der Waals surface area contributed by atoms with Gasteiger partial charge in [0.15, 0.2) is 17.1 Å². The molecule has 0 saturated carbocycles. The van der Waals surface area contributed by atoms with E-state index in [-0.39, 0.29) is 18.2 Å². The van der Waals surface area contributed by atoms with Gasteiger partial charge in [-0.3, -0.25) is 4.90 Å². The number of halogens is 2. The number of likely N-dealkylation sites (tertiary alicyclic amines) is 1. The number of hydrogen-bond donors (Lipinski definition) is 0. The fourth-order valence-corrected chi connectivity index (χ4v) is 4.10. The summed E-state index contributed by atoms with van der Waals surface area (Å²) in [5.74, 6) is 2.22. The predicted molar refractivity (Wildman–Crippen MR) is 113 cm³/mol. The average molecular weight is 435 g/mol. The van der Waals surface area contributed by atoms with Gasteiger partial charge >= 0.3 is 0 Å². The van der Waals surface area contributed by atoms with Crippen molar-refractivity contribution in [2.24, 2.45) is 0 Å². The number of piperidine rings is 1. The van der Waals surface area contributed by atoms with Crippen molar-refractivity contribution < 1.29 is 23.1 Å². The van der Waals surface area contributed by atoms with Crippen LogP contribution in [0.15, 0.2) is 40.9 Å². The van der Waals surface area contributed by atoms with Crippen LogP contribution in [0.2, 0.25) is 0 Å². The Bertz CT molecular complexity index is 1000. The number of benzene rings is 2. The Hall–Kier alpha value is -2.51. The molecule has 3 aromatic rings. The lowest BCUT2D eigenvalue weighted by Crippen LogP contribution is -2.36. The highest BCUT2D eigenvalue weighted by molar-refractivity contribution is 5.85. The molecule has 1 fully saturated rings. The zero-order chi connectivity index (χ0) is 19.6. The average Bonchev–Trinajstić information content (AvgIpc) is 3.17. The van der Waals surface area contributed by atoms with Crippen LogP contribution in [0.25, 0.3) is 11.0 Å².